The van der Waals surface area contributed by atoms with Crippen LogP contribution in [0, 0.1) is 11.7 Å². The number of anilines is 1. The van der Waals surface area contributed by atoms with Crippen molar-refractivity contribution in [1.82, 2.24) is 4.31 Å². The number of sulfonamides is 1. The number of hydrogen-bond acceptors (Lipinski definition) is 4. The number of benzene rings is 2. The maximum absolute atomic E-state index is 13.1. The zero-order valence-corrected chi connectivity index (χ0v) is 16.4. The van der Waals surface area contributed by atoms with Crippen LogP contribution in [0.1, 0.15) is 19.8 Å². The second-order valence-electron chi connectivity index (χ2n) is 6.57. The molecule has 1 fully saturated rings. The van der Waals surface area contributed by atoms with Gasteiger partial charge in [0.15, 0.2) is 0 Å². The summed E-state index contributed by atoms with van der Waals surface area (Å²) < 4.78 is 45.6. The van der Waals surface area contributed by atoms with Gasteiger partial charge in [0.2, 0.25) is 15.9 Å². The monoisotopic (exact) mass is 406 g/mol. The molecule has 0 bridgehead atoms. The quantitative estimate of drug-likeness (QED) is 0.799. The Morgan fingerprint density at radius 2 is 1.93 bits per heavy atom. The maximum atomic E-state index is 13.1. The Kier molecular flexibility index (Phi) is 6.31. The normalized spacial score (nSPS) is 17.9. The van der Waals surface area contributed by atoms with Gasteiger partial charge in [-0.2, -0.15) is 4.31 Å². The first-order valence-electron chi connectivity index (χ1n) is 9.20. The molecule has 1 unspecified atom stereocenters. The highest BCUT2D eigenvalue weighted by atomic mass is 32.2. The van der Waals surface area contributed by atoms with Crippen molar-refractivity contribution in [3.8, 4) is 5.75 Å². The van der Waals surface area contributed by atoms with Gasteiger partial charge in [0.25, 0.3) is 0 Å². The molecule has 1 amide bonds. The topological polar surface area (TPSA) is 75.7 Å². The van der Waals surface area contributed by atoms with E-state index in [2.05, 4.69) is 5.32 Å². The summed E-state index contributed by atoms with van der Waals surface area (Å²) in [6.45, 7) is 2.75. The van der Waals surface area contributed by atoms with Crippen molar-refractivity contribution in [2.75, 3.05) is 25.0 Å². The van der Waals surface area contributed by atoms with Crippen LogP contribution in [0.4, 0.5) is 10.1 Å². The molecular weight excluding hydrogens is 383 g/mol. The van der Waals surface area contributed by atoms with E-state index in [1.807, 2.05) is 13.0 Å². The van der Waals surface area contributed by atoms with E-state index in [4.69, 9.17) is 4.74 Å². The van der Waals surface area contributed by atoms with Crippen molar-refractivity contribution in [1.29, 1.82) is 0 Å². The molecule has 0 aliphatic carbocycles. The summed E-state index contributed by atoms with van der Waals surface area (Å²) >= 11 is 0. The molecule has 0 aromatic heterocycles. The molecule has 28 heavy (non-hydrogen) atoms. The first-order valence-corrected chi connectivity index (χ1v) is 10.6. The lowest BCUT2D eigenvalue weighted by Gasteiger charge is -2.31. The standard InChI is InChI=1S/C20H23FN2O4S/c1-2-27-19-8-4-3-7-18(19)22-20(24)15-6-5-13-23(14-15)28(25,26)17-11-9-16(21)10-12-17/h3-4,7-12,15H,2,5-6,13-14H2,1H3,(H,22,24). The fourth-order valence-electron chi connectivity index (χ4n) is 3.22. The molecule has 1 heterocycles. The van der Waals surface area contributed by atoms with Crippen molar-refractivity contribution in [3.63, 3.8) is 0 Å². The molecule has 6 nitrogen and oxygen atoms in total. The summed E-state index contributed by atoms with van der Waals surface area (Å²) in [6, 6.07) is 11.9. The van der Waals surface area contributed by atoms with Gasteiger partial charge in [0.1, 0.15) is 11.6 Å². The number of carbonyl (C=O) groups excluding carboxylic acids is 1. The molecule has 0 spiro atoms. The maximum Gasteiger partial charge on any atom is 0.243 e. The second-order valence-corrected chi connectivity index (χ2v) is 8.51. The van der Waals surface area contributed by atoms with Gasteiger partial charge in [-0.25, -0.2) is 12.8 Å². The van der Waals surface area contributed by atoms with Crippen molar-refractivity contribution in [2.45, 2.75) is 24.7 Å². The van der Waals surface area contributed by atoms with E-state index in [0.717, 1.165) is 12.1 Å². The molecule has 150 valence electrons. The zero-order valence-electron chi connectivity index (χ0n) is 15.6. The molecule has 1 aliphatic heterocycles. The van der Waals surface area contributed by atoms with Gasteiger partial charge in [-0.1, -0.05) is 12.1 Å². The molecule has 2 aromatic rings. The molecule has 3 rings (SSSR count). The highest BCUT2D eigenvalue weighted by Gasteiger charge is 2.33. The minimum Gasteiger partial charge on any atom is -0.492 e. The third kappa shape index (κ3) is 4.51. The van der Waals surface area contributed by atoms with Gasteiger partial charge in [-0.05, 0) is 56.2 Å². The Morgan fingerprint density at radius 1 is 1.21 bits per heavy atom. The van der Waals surface area contributed by atoms with E-state index >= 15 is 0 Å². The lowest BCUT2D eigenvalue weighted by atomic mass is 9.98. The number of piperidine rings is 1. The summed E-state index contributed by atoms with van der Waals surface area (Å²) in [7, 11) is -3.77. The Bertz CT molecular complexity index is 931. The number of amides is 1. The Morgan fingerprint density at radius 3 is 2.64 bits per heavy atom. The van der Waals surface area contributed by atoms with E-state index < -0.39 is 21.8 Å². The van der Waals surface area contributed by atoms with Crippen LogP contribution in [-0.2, 0) is 14.8 Å². The van der Waals surface area contributed by atoms with Crippen LogP contribution >= 0.6 is 0 Å². The highest BCUT2D eigenvalue weighted by Crippen LogP contribution is 2.28. The number of halogens is 1. The van der Waals surface area contributed by atoms with Crippen LogP contribution < -0.4 is 10.1 Å². The van der Waals surface area contributed by atoms with E-state index in [-0.39, 0.29) is 17.3 Å². The fraction of sp³-hybridized carbons (Fsp3) is 0.350. The molecule has 8 heteroatoms. The molecule has 1 N–H and O–H groups in total. The minimum atomic E-state index is -3.77. The van der Waals surface area contributed by atoms with Gasteiger partial charge < -0.3 is 10.1 Å². The summed E-state index contributed by atoms with van der Waals surface area (Å²) in [6.07, 6.45) is 1.17. The van der Waals surface area contributed by atoms with Gasteiger partial charge in [0, 0.05) is 13.1 Å². The first-order chi connectivity index (χ1) is 13.4. The fourth-order valence-corrected chi connectivity index (χ4v) is 4.74. The largest absolute Gasteiger partial charge is 0.492 e. The van der Waals surface area contributed by atoms with Crippen LogP contribution in [-0.4, -0.2) is 38.3 Å². The van der Waals surface area contributed by atoms with Crippen molar-refractivity contribution < 1.29 is 22.3 Å². The molecule has 2 aromatic carbocycles. The number of nitrogens with zero attached hydrogens (tertiary/aromatic N) is 1. The minimum absolute atomic E-state index is 0.0247. The van der Waals surface area contributed by atoms with Crippen molar-refractivity contribution in [2.24, 2.45) is 5.92 Å². The van der Waals surface area contributed by atoms with Crippen LogP contribution in [0.25, 0.3) is 0 Å². The average molecular weight is 406 g/mol. The number of rotatable bonds is 6. The SMILES string of the molecule is CCOc1ccccc1NC(=O)C1CCCN(S(=O)(=O)c2ccc(F)cc2)C1. The predicted molar refractivity (Wildman–Crippen MR) is 104 cm³/mol. The molecule has 1 atom stereocenters. The Balaban J connectivity index is 1.72. The van der Waals surface area contributed by atoms with Crippen LogP contribution in [0.3, 0.4) is 0 Å². The predicted octanol–water partition coefficient (Wildman–Crippen LogP) is 3.26. The summed E-state index contributed by atoms with van der Waals surface area (Å²) in [5, 5.41) is 2.85. The number of nitrogens with one attached hydrogen (secondary N) is 1. The zero-order chi connectivity index (χ0) is 20.1. The molecule has 0 saturated carbocycles. The third-order valence-corrected chi connectivity index (χ3v) is 6.53. The lowest BCUT2D eigenvalue weighted by Crippen LogP contribution is -2.43. The smallest absolute Gasteiger partial charge is 0.243 e. The van der Waals surface area contributed by atoms with E-state index in [9.17, 15) is 17.6 Å². The second kappa shape index (κ2) is 8.70. The molecule has 0 radical (unpaired) electrons. The summed E-state index contributed by atoms with van der Waals surface area (Å²) in [5.74, 6) is -0.641. The van der Waals surface area contributed by atoms with Crippen LogP contribution in [0.15, 0.2) is 53.4 Å². The number of hydrogen-bond donors (Lipinski definition) is 1. The van der Waals surface area contributed by atoms with Crippen LogP contribution in [0.5, 0.6) is 5.75 Å². The number of ether oxygens (including phenoxy) is 1. The van der Waals surface area contributed by atoms with Crippen molar-refractivity contribution in [3.05, 3.63) is 54.3 Å². The van der Waals surface area contributed by atoms with E-state index in [1.165, 1.54) is 16.4 Å². The number of para-hydroxylation sites is 2. The average Bonchev–Trinajstić information content (AvgIpc) is 2.70. The number of carbonyl (C=O) groups is 1. The third-order valence-electron chi connectivity index (χ3n) is 4.65. The van der Waals surface area contributed by atoms with Gasteiger partial charge in [-0.3, -0.25) is 4.79 Å². The molecular formula is C20H23FN2O4S. The van der Waals surface area contributed by atoms with Gasteiger partial charge in [0.05, 0.1) is 23.1 Å². The summed E-state index contributed by atoms with van der Waals surface area (Å²) in [4.78, 5) is 12.8. The highest BCUT2D eigenvalue weighted by molar-refractivity contribution is 7.89. The van der Waals surface area contributed by atoms with Gasteiger partial charge >= 0.3 is 0 Å². The van der Waals surface area contributed by atoms with Crippen LogP contribution in [0.2, 0.25) is 0 Å². The Hall–Kier alpha value is -2.45. The summed E-state index contributed by atoms with van der Waals surface area (Å²) in [5.41, 5.74) is 0.563. The Labute approximate surface area is 164 Å². The van der Waals surface area contributed by atoms with E-state index in [1.54, 1.807) is 18.2 Å². The van der Waals surface area contributed by atoms with Crippen molar-refractivity contribution >= 4 is 21.6 Å². The lowest BCUT2D eigenvalue weighted by molar-refractivity contribution is -0.120. The molecule has 1 aliphatic rings. The first kappa shape index (κ1) is 20.3. The van der Waals surface area contributed by atoms with Gasteiger partial charge in [-0.15, -0.1) is 0 Å². The molecule has 1 saturated heterocycles. The van der Waals surface area contributed by atoms with E-state index in [0.29, 0.717) is 37.4 Å².